The van der Waals surface area contributed by atoms with E-state index in [1.165, 1.54) is 0 Å². The zero-order chi connectivity index (χ0) is 15.0. The fraction of sp³-hybridized carbons (Fsp3) is 0.125. The van der Waals surface area contributed by atoms with E-state index in [1.807, 2.05) is 55.1 Å². The molecule has 0 bridgehead atoms. The first kappa shape index (κ1) is 13.7. The first-order valence-electron chi connectivity index (χ1n) is 6.50. The summed E-state index contributed by atoms with van der Waals surface area (Å²) in [7, 11) is 1.91. The molecule has 1 heterocycles. The zero-order valence-corrected chi connectivity index (χ0v) is 12.5. The van der Waals surface area contributed by atoms with Crippen LogP contribution in [0.3, 0.4) is 0 Å². The zero-order valence-electron chi connectivity index (χ0n) is 11.7. The van der Waals surface area contributed by atoms with Crippen molar-refractivity contribution in [1.29, 1.82) is 0 Å². The van der Waals surface area contributed by atoms with Crippen molar-refractivity contribution >= 4 is 28.5 Å². The summed E-state index contributed by atoms with van der Waals surface area (Å²) >= 11 is 1.59. The highest BCUT2D eigenvalue weighted by Crippen LogP contribution is 2.35. The third-order valence-corrected chi connectivity index (χ3v) is 4.46. The van der Waals surface area contributed by atoms with E-state index in [4.69, 9.17) is 0 Å². The largest absolute Gasteiger partial charge is 0.478 e. The van der Waals surface area contributed by atoms with Crippen LogP contribution in [0.5, 0.6) is 0 Å². The number of rotatable bonds is 3. The minimum Gasteiger partial charge on any atom is -0.478 e. The van der Waals surface area contributed by atoms with E-state index in [9.17, 15) is 9.90 Å². The summed E-state index contributed by atoms with van der Waals surface area (Å²) in [5.74, 6) is -0.904. The molecular formula is C16H14N2O2S. The summed E-state index contributed by atoms with van der Waals surface area (Å²) in [6.07, 6.45) is 0. The molecule has 0 unspecified atom stereocenters. The number of aryl methyl sites for hydroxylation is 2. The molecule has 0 amide bonds. The number of carboxylic acid groups (broad SMARTS) is 1. The summed E-state index contributed by atoms with van der Waals surface area (Å²) in [5.41, 5.74) is 1.29. The van der Waals surface area contributed by atoms with Crippen LogP contribution >= 0.6 is 11.8 Å². The molecule has 3 aromatic rings. The molecule has 3 rings (SSSR count). The second kappa shape index (κ2) is 5.26. The molecule has 106 valence electrons. The van der Waals surface area contributed by atoms with E-state index in [2.05, 4.69) is 5.10 Å². The molecule has 0 atom stereocenters. The second-order valence-electron chi connectivity index (χ2n) is 4.81. The van der Waals surface area contributed by atoms with Crippen LogP contribution in [-0.2, 0) is 7.05 Å². The highest BCUT2D eigenvalue weighted by atomic mass is 32.2. The van der Waals surface area contributed by atoms with E-state index in [1.54, 1.807) is 17.8 Å². The standard InChI is InChI=1S/C16H14N2O2S/c1-10-9-15(18(2)17-10)21-14-8-7-13(16(19)20)11-5-3-4-6-12(11)14/h3-9H,1-2H3,(H,19,20). The van der Waals surface area contributed by atoms with Gasteiger partial charge >= 0.3 is 5.97 Å². The van der Waals surface area contributed by atoms with Gasteiger partial charge in [-0.3, -0.25) is 4.68 Å². The number of carbonyl (C=O) groups is 1. The number of nitrogens with zero attached hydrogens (tertiary/aromatic N) is 2. The highest BCUT2D eigenvalue weighted by Gasteiger charge is 2.13. The molecule has 1 aromatic heterocycles. The molecule has 0 saturated heterocycles. The maximum absolute atomic E-state index is 11.3. The first-order chi connectivity index (χ1) is 10.1. The first-order valence-corrected chi connectivity index (χ1v) is 7.31. The maximum Gasteiger partial charge on any atom is 0.336 e. The molecule has 4 nitrogen and oxygen atoms in total. The predicted molar refractivity (Wildman–Crippen MR) is 83.0 cm³/mol. The van der Waals surface area contributed by atoms with Crippen LogP contribution in [0.15, 0.2) is 52.4 Å². The molecular weight excluding hydrogens is 284 g/mol. The van der Waals surface area contributed by atoms with Gasteiger partial charge in [0.2, 0.25) is 0 Å². The molecule has 1 N–H and O–H groups in total. The molecule has 2 aromatic carbocycles. The Morgan fingerprint density at radius 3 is 2.52 bits per heavy atom. The van der Waals surface area contributed by atoms with E-state index >= 15 is 0 Å². The van der Waals surface area contributed by atoms with Crippen LogP contribution in [0, 0.1) is 6.92 Å². The number of aromatic carboxylic acids is 1. The van der Waals surface area contributed by atoms with Crippen molar-refractivity contribution in [2.24, 2.45) is 7.05 Å². The van der Waals surface area contributed by atoms with Crippen molar-refractivity contribution in [3.63, 3.8) is 0 Å². The quantitative estimate of drug-likeness (QED) is 0.800. The minimum absolute atomic E-state index is 0.330. The lowest BCUT2D eigenvalue weighted by atomic mass is 10.0. The SMILES string of the molecule is Cc1cc(Sc2ccc(C(=O)O)c3ccccc23)n(C)n1. The number of hydrogen-bond donors (Lipinski definition) is 1. The molecule has 0 fully saturated rings. The molecule has 21 heavy (non-hydrogen) atoms. The summed E-state index contributed by atoms with van der Waals surface area (Å²) in [6.45, 7) is 1.95. The topological polar surface area (TPSA) is 55.1 Å². The Bertz CT molecular complexity index is 839. The lowest BCUT2D eigenvalue weighted by molar-refractivity contribution is 0.0699. The number of fused-ring (bicyclic) bond motifs is 1. The maximum atomic E-state index is 11.3. The average molecular weight is 298 g/mol. The van der Waals surface area contributed by atoms with Crippen LogP contribution in [-0.4, -0.2) is 20.9 Å². The minimum atomic E-state index is -0.904. The van der Waals surface area contributed by atoms with Gasteiger partial charge in [0.25, 0.3) is 0 Å². The molecule has 0 aliphatic rings. The van der Waals surface area contributed by atoms with E-state index in [0.717, 1.165) is 26.4 Å². The number of aromatic nitrogens is 2. The molecule has 0 spiro atoms. The molecule has 0 aliphatic carbocycles. The van der Waals surface area contributed by atoms with Gasteiger partial charge in [-0.25, -0.2) is 4.79 Å². The third-order valence-electron chi connectivity index (χ3n) is 3.29. The average Bonchev–Trinajstić information content (AvgIpc) is 2.77. The van der Waals surface area contributed by atoms with Gasteiger partial charge in [0.1, 0.15) is 0 Å². The monoisotopic (exact) mass is 298 g/mol. The van der Waals surface area contributed by atoms with Crippen molar-refractivity contribution in [1.82, 2.24) is 9.78 Å². The van der Waals surface area contributed by atoms with Gasteiger partial charge in [0, 0.05) is 11.9 Å². The third kappa shape index (κ3) is 2.52. The van der Waals surface area contributed by atoms with Crippen LogP contribution in [0.4, 0.5) is 0 Å². The van der Waals surface area contributed by atoms with Gasteiger partial charge in [0.15, 0.2) is 0 Å². The van der Waals surface area contributed by atoms with Crippen LogP contribution in [0.1, 0.15) is 16.1 Å². The van der Waals surface area contributed by atoms with Crippen LogP contribution in [0.25, 0.3) is 10.8 Å². The Morgan fingerprint density at radius 1 is 1.19 bits per heavy atom. The van der Waals surface area contributed by atoms with E-state index in [-0.39, 0.29) is 0 Å². The fourth-order valence-corrected chi connectivity index (χ4v) is 3.39. The molecule has 0 aliphatic heterocycles. The number of hydrogen-bond acceptors (Lipinski definition) is 3. The second-order valence-corrected chi connectivity index (χ2v) is 5.87. The Balaban J connectivity index is 2.14. The Hall–Kier alpha value is -2.27. The predicted octanol–water partition coefficient (Wildman–Crippen LogP) is 3.73. The van der Waals surface area contributed by atoms with Crippen LogP contribution in [0.2, 0.25) is 0 Å². The Morgan fingerprint density at radius 2 is 1.90 bits per heavy atom. The molecule has 0 radical (unpaired) electrons. The summed E-state index contributed by atoms with van der Waals surface area (Å²) in [5, 5.41) is 16.4. The summed E-state index contributed by atoms with van der Waals surface area (Å²) in [6, 6.07) is 13.1. The Kier molecular flexibility index (Phi) is 3.43. The summed E-state index contributed by atoms with van der Waals surface area (Å²) in [4.78, 5) is 12.3. The van der Waals surface area contributed by atoms with Crippen molar-refractivity contribution in [2.75, 3.05) is 0 Å². The summed E-state index contributed by atoms with van der Waals surface area (Å²) < 4.78 is 1.83. The van der Waals surface area contributed by atoms with Gasteiger partial charge in [-0.05, 0) is 35.9 Å². The van der Waals surface area contributed by atoms with Crippen molar-refractivity contribution < 1.29 is 9.90 Å². The lowest BCUT2D eigenvalue weighted by Crippen LogP contribution is -1.98. The fourth-order valence-electron chi connectivity index (χ4n) is 2.34. The Labute approximate surface area is 126 Å². The van der Waals surface area contributed by atoms with E-state index in [0.29, 0.717) is 5.56 Å². The van der Waals surface area contributed by atoms with Gasteiger partial charge in [-0.2, -0.15) is 5.10 Å². The van der Waals surface area contributed by atoms with Crippen molar-refractivity contribution in [2.45, 2.75) is 16.8 Å². The van der Waals surface area contributed by atoms with E-state index < -0.39 is 5.97 Å². The number of benzene rings is 2. The van der Waals surface area contributed by atoms with Crippen molar-refractivity contribution in [3.8, 4) is 0 Å². The molecule has 0 saturated carbocycles. The van der Waals surface area contributed by atoms with Gasteiger partial charge < -0.3 is 5.11 Å². The van der Waals surface area contributed by atoms with Gasteiger partial charge in [-0.1, -0.05) is 36.0 Å². The highest BCUT2D eigenvalue weighted by molar-refractivity contribution is 7.99. The molecule has 5 heteroatoms. The van der Waals surface area contributed by atoms with Gasteiger partial charge in [-0.15, -0.1) is 0 Å². The van der Waals surface area contributed by atoms with Crippen LogP contribution < -0.4 is 0 Å². The van der Waals surface area contributed by atoms with Crippen molar-refractivity contribution in [3.05, 3.63) is 53.7 Å². The van der Waals surface area contributed by atoms with Gasteiger partial charge in [0.05, 0.1) is 16.3 Å². The number of carboxylic acids is 1. The smallest absolute Gasteiger partial charge is 0.336 e. The lowest BCUT2D eigenvalue weighted by Gasteiger charge is -2.08. The normalized spacial score (nSPS) is 11.0.